The molecule has 0 radical (unpaired) electrons. The molecule has 32 heavy (non-hydrogen) atoms. The van der Waals surface area contributed by atoms with Crippen molar-refractivity contribution in [3.63, 3.8) is 0 Å². The van der Waals surface area contributed by atoms with Crippen LogP contribution in [-0.4, -0.2) is 68.4 Å². The molecule has 1 fully saturated rings. The molecule has 170 valence electrons. The summed E-state index contributed by atoms with van der Waals surface area (Å²) in [6, 6.07) is 7.44. The van der Waals surface area contributed by atoms with Crippen molar-refractivity contribution in [3.05, 3.63) is 57.5 Å². The predicted molar refractivity (Wildman–Crippen MR) is 117 cm³/mol. The highest BCUT2D eigenvalue weighted by molar-refractivity contribution is 7.89. The molecule has 1 aliphatic rings. The summed E-state index contributed by atoms with van der Waals surface area (Å²) in [6.45, 7) is 2.48. The number of aromatic nitrogens is 4. The molecule has 11 nitrogen and oxygen atoms in total. The van der Waals surface area contributed by atoms with Gasteiger partial charge in [0, 0.05) is 40.3 Å². The molecule has 0 bridgehead atoms. The van der Waals surface area contributed by atoms with Gasteiger partial charge in [-0.15, -0.1) is 0 Å². The Bertz CT molecular complexity index is 1400. The van der Waals surface area contributed by atoms with Crippen LogP contribution in [0.1, 0.15) is 13.0 Å². The standard InChI is InChI=1S/C20H24N6O5S/c1-14(26-13-21-17-16(26)19(28)23(3)20(29)22(17)2)18(27)24-9-11-25(12-10-24)32(30,31)15-7-5-4-6-8-15/h4-8,13-14H,9-12H2,1-3H3. The van der Waals surface area contributed by atoms with Crippen molar-refractivity contribution in [2.45, 2.75) is 17.9 Å². The molecule has 4 rings (SSSR count). The van der Waals surface area contributed by atoms with E-state index in [0.717, 1.165) is 4.57 Å². The van der Waals surface area contributed by atoms with Gasteiger partial charge < -0.3 is 9.47 Å². The van der Waals surface area contributed by atoms with Gasteiger partial charge in [0.15, 0.2) is 11.2 Å². The van der Waals surface area contributed by atoms with E-state index in [1.807, 2.05) is 0 Å². The summed E-state index contributed by atoms with van der Waals surface area (Å²) < 4.78 is 30.7. The minimum Gasteiger partial charge on any atom is -0.338 e. The van der Waals surface area contributed by atoms with E-state index in [2.05, 4.69) is 4.98 Å². The highest BCUT2D eigenvalue weighted by Gasteiger charge is 2.32. The number of rotatable bonds is 4. The number of aryl methyl sites for hydroxylation is 1. The lowest BCUT2D eigenvalue weighted by Crippen LogP contribution is -2.51. The molecule has 3 heterocycles. The van der Waals surface area contributed by atoms with Crippen LogP contribution in [0, 0.1) is 0 Å². The van der Waals surface area contributed by atoms with E-state index in [0.29, 0.717) is 0 Å². The molecule has 1 aromatic carbocycles. The largest absolute Gasteiger partial charge is 0.338 e. The number of hydrogen-bond donors (Lipinski definition) is 0. The second kappa shape index (κ2) is 8.02. The normalized spacial score (nSPS) is 16.4. The average molecular weight is 461 g/mol. The third-order valence-corrected chi connectivity index (χ3v) is 7.79. The van der Waals surface area contributed by atoms with Crippen LogP contribution in [0.4, 0.5) is 0 Å². The van der Waals surface area contributed by atoms with Crippen LogP contribution < -0.4 is 11.2 Å². The van der Waals surface area contributed by atoms with Crippen molar-refractivity contribution >= 4 is 27.1 Å². The Hall–Kier alpha value is -3.25. The number of piperazine rings is 1. The lowest BCUT2D eigenvalue weighted by atomic mass is 10.2. The maximum atomic E-state index is 13.1. The minimum atomic E-state index is -3.62. The van der Waals surface area contributed by atoms with E-state index in [1.54, 1.807) is 42.2 Å². The highest BCUT2D eigenvalue weighted by Crippen LogP contribution is 2.20. The molecule has 2 aromatic heterocycles. The van der Waals surface area contributed by atoms with E-state index in [1.165, 1.54) is 33.9 Å². The topological polar surface area (TPSA) is 120 Å². The lowest BCUT2D eigenvalue weighted by molar-refractivity contribution is -0.135. The summed E-state index contributed by atoms with van der Waals surface area (Å²) >= 11 is 0. The van der Waals surface area contributed by atoms with Gasteiger partial charge >= 0.3 is 5.69 Å². The fourth-order valence-electron chi connectivity index (χ4n) is 3.93. The monoisotopic (exact) mass is 460 g/mol. The fraction of sp³-hybridized carbons (Fsp3) is 0.400. The van der Waals surface area contributed by atoms with Gasteiger partial charge in [0.25, 0.3) is 5.56 Å². The molecule has 0 aliphatic carbocycles. The first-order valence-corrected chi connectivity index (χ1v) is 11.5. The van der Waals surface area contributed by atoms with Crippen molar-refractivity contribution in [1.29, 1.82) is 0 Å². The number of fused-ring (bicyclic) bond motifs is 1. The van der Waals surface area contributed by atoms with Gasteiger partial charge in [-0.3, -0.25) is 18.7 Å². The van der Waals surface area contributed by atoms with Gasteiger partial charge in [-0.1, -0.05) is 18.2 Å². The van der Waals surface area contributed by atoms with Gasteiger partial charge in [0.2, 0.25) is 15.9 Å². The van der Waals surface area contributed by atoms with Crippen LogP contribution in [-0.2, 0) is 28.9 Å². The molecular formula is C20H24N6O5S. The fourth-order valence-corrected chi connectivity index (χ4v) is 5.37. The van der Waals surface area contributed by atoms with E-state index < -0.39 is 27.3 Å². The molecule has 0 spiro atoms. The van der Waals surface area contributed by atoms with Gasteiger partial charge in [-0.25, -0.2) is 18.2 Å². The number of nitrogens with zero attached hydrogens (tertiary/aromatic N) is 6. The maximum absolute atomic E-state index is 13.1. The van der Waals surface area contributed by atoms with E-state index >= 15 is 0 Å². The molecule has 1 saturated heterocycles. The van der Waals surface area contributed by atoms with Gasteiger partial charge in [-0.2, -0.15) is 4.31 Å². The van der Waals surface area contributed by atoms with Gasteiger partial charge in [0.05, 0.1) is 11.2 Å². The molecule has 1 amide bonds. The Kier molecular flexibility index (Phi) is 5.51. The van der Waals surface area contributed by atoms with Crippen molar-refractivity contribution in [2.75, 3.05) is 26.2 Å². The summed E-state index contributed by atoms with van der Waals surface area (Å²) in [4.78, 5) is 43.9. The molecule has 0 saturated carbocycles. The molecule has 1 aliphatic heterocycles. The molecule has 0 N–H and O–H groups in total. The minimum absolute atomic E-state index is 0.167. The summed E-state index contributed by atoms with van der Waals surface area (Å²) in [5, 5.41) is 0. The Balaban J connectivity index is 1.55. The Labute approximate surface area is 184 Å². The average Bonchev–Trinajstić information content (AvgIpc) is 3.26. The molecule has 3 aromatic rings. The van der Waals surface area contributed by atoms with E-state index in [-0.39, 0.29) is 48.1 Å². The van der Waals surface area contributed by atoms with Crippen LogP contribution >= 0.6 is 0 Å². The quantitative estimate of drug-likeness (QED) is 0.519. The molecule has 1 unspecified atom stereocenters. The van der Waals surface area contributed by atoms with Gasteiger partial charge in [0.1, 0.15) is 6.04 Å². The zero-order chi connectivity index (χ0) is 23.2. The molecular weight excluding hydrogens is 436 g/mol. The first-order valence-electron chi connectivity index (χ1n) is 10.1. The van der Waals surface area contributed by atoms with Crippen molar-refractivity contribution in [1.82, 2.24) is 27.9 Å². The summed E-state index contributed by atoms with van der Waals surface area (Å²) in [7, 11) is -0.729. The SMILES string of the molecule is CC(C(=O)N1CCN(S(=O)(=O)c2ccccc2)CC1)n1cnc2c1c(=O)n(C)c(=O)n2C. The number of amides is 1. The van der Waals surface area contributed by atoms with Crippen molar-refractivity contribution in [3.8, 4) is 0 Å². The zero-order valence-corrected chi connectivity index (χ0v) is 18.8. The number of sulfonamides is 1. The second-order valence-electron chi connectivity index (χ2n) is 7.75. The first-order chi connectivity index (χ1) is 15.1. The number of imidazole rings is 1. The highest BCUT2D eigenvalue weighted by atomic mass is 32.2. The summed E-state index contributed by atoms with van der Waals surface area (Å²) in [5.41, 5.74) is -0.654. The van der Waals surface area contributed by atoms with Gasteiger partial charge in [-0.05, 0) is 19.1 Å². The van der Waals surface area contributed by atoms with E-state index in [9.17, 15) is 22.8 Å². The number of carbonyl (C=O) groups is 1. The maximum Gasteiger partial charge on any atom is 0.332 e. The Morgan fingerprint density at radius 2 is 1.62 bits per heavy atom. The van der Waals surface area contributed by atoms with Crippen LogP contribution in [0.25, 0.3) is 11.2 Å². The molecule has 12 heteroatoms. The van der Waals surface area contributed by atoms with Crippen molar-refractivity contribution in [2.24, 2.45) is 14.1 Å². The van der Waals surface area contributed by atoms with Crippen LogP contribution in [0.2, 0.25) is 0 Å². The van der Waals surface area contributed by atoms with E-state index in [4.69, 9.17) is 0 Å². The van der Waals surface area contributed by atoms with Crippen molar-refractivity contribution < 1.29 is 13.2 Å². The summed E-state index contributed by atoms with van der Waals surface area (Å²) in [6.07, 6.45) is 1.38. The smallest absolute Gasteiger partial charge is 0.332 e. The lowest BCUT2D eigenvalue weighted by Gasteiger charge is -2.35. The third-order valence-electron chi connectivity index (χ3n) is 5.88. The zero-order valence-electron chi connectivity index (χ0n) is 18.0. The third kappa shape index (κ3) is 3.45. The molecule has 1 atom stereocenters. The predicted octanol–water partition coefficient (Wildman–Crippen LogP) is -0.472. The number of benzene rings is 1. The van der Waals surface area contributed by atoms with Crippen LogP contribution in [0.5, 0.6) is 0 Å². The van der Waals surface area contributed by atoms with Crippen LogP contribution in [0.15, 0.2) is 51.1 Å². The number of carbonyl (C=O) groups excluding carboxylic acids is 1. The summed E-state index contributed by atoms with van der Waals surface area (Å²) in [5.74, 6) is -0.253. The second-order valence-corrected chi connectivity index (χ2v) is 9.69. The number of hydrogen-bond acceptors (Lipinski definition) is 6. The van der Waals surface area contributed by atoms with Crippen LogP contribution in [0.3, 0.4) is 0 Å². The Morgan fingerprint density at radius 3 is 2.25 bits per heavy atom. The Morgan fingerprint density at radius 1 is 1.00 bits per heavy atom. The first kappa shape index (κ1) is 22.0.